The maximum atomic E-state index is 12.9. The molecule has 0 spiro atoms. The summed E-state index contributed by atoms with van der Waals surface area (Å²) in [6.45, 7) is 3.29. The number of rotatable bonds is 7. The molecule has 0 fully saturated rings. The maximum absolute atomic E-state index is 12.9. The first kappa shape index (κ1) is 23.7. The molecule has 0 bridgehead atoms. The number of nitrogens with zero attached hydrogens (tertiary/aromatic N) is 2. The Bertz CT molecular complexity index is 1210. The van der Waals surface area contributed by atoms with E-state index in [1.54, 1.807) is 13.8 Å². The Morgan fingerprint density at radius 2 is 1.81 bits per heavy atom. The zero-order chi connectivity index (χ0) is 23.5. The number of benzene rings is 2. The van der Waals surface area contributed by atoms with Crippen LogP contribution in [-0.4, -0.2) is 24.5 Å². The van der Waals surface area contributed by atoms with Crippen molar-refractivity contribution in [1.29, 1.82) is 0 Å². The van der Waals surface area contributed by atoms with Crippen LogP contribution in [0.5, 0.6) is 0 Å². The van der Waals surface area contributed by atoms with Gasteiger partial charge < -0.3 is 5.32 Å². The van der Waals surface area contributed by atoms with Gasteiger partial charge in [0.25, 0.3) is 10.0 Å². The lowest BCUT2D eigenvalue weighted by molar-refractivity contribution is -0.137. The van der Waals surface area contributed by atoms with Crippen LogP contribution in [0.25, 0.3) is 0 Å². The number of nitrogens with one attached hydrogen (secondary N) is 2. The number of amides is 1. The number of sulfonamides is 1. The van der Waals surface area contributed by atoms with Crippen molar-refractivity contribution in [1.82, 2.24) is 10.2 Å². The summed E-state index contributed by atoms with van der Waals surface area (Å²) in [5.74, 6) is -1.01. The van der Waals surface area contributed by atoms with Gasteiger partial charge >= 0.3 is 6.18 Å². The molecule has 1 atom stereocenters. The molecule has 7 nitrogen and oxygen atoms in total. The number of hydrogen-bond donors (Lipinski definition) is 2. The van der Waals surface area contributed by atoms with Crippen LogP contribution in [0, 0.1) is 12.8 Å². The SMILES string of the molecule is Cc1nnc(NS(=O)(=O)c2ccc(NC(=O)C(C)Cc3cccc(C(F)(F)F)c3)cc2)s1. The normalized spacial score (nSPS) is 12.9. The number of alkyl halides is 3. The Balaban J connectivity index is 1.63. The fourth-order valence-corrected chi connectivity index (χ4v) is 4.64. The number of hydrogen-bond acceptors (Lipinski definition) is 6. The summed E-state index contributed by atoms with van der Waals surface area (Å²) in [5, 5.41) is 10.9. The van der Waals surface area contributed by atoms with Crippen LogP contribution in [-0.2, 0) is 27.4 Å². The number of carbonyl (C=O) groups is 1. The Morgan fingerprint density at radius 1 is 1.12 bits per heavy atom. The van der Waals surface area contributed by atoms with Crippen molar-refractivity contribution in [2.75, 3.05) is 10.0 Å². The van der Waals surface area contributed by atoms with Crippen molar-refractivity contribution in [2.24, 2.45) is 5.92 Å². The topological polar surface area (TPSA) is 101 Å². The minimum absolute atomic E-state index is 0.0274. The summed E-state index contributed by atoms with van der Waals surface area (Å²) < 4.78 is 65.7. The van der Waals surface area contributed by atoms with E-state index in [1.807, 2.05) is 0 Å². The minimum atomic E-state index is -4.45. The minimum Gasteiger partial charge on any atom is -0.326 e. The predicted octanol–water partition coefficient (Wildman–Crippen LogP) is 4.48. The third-order valence-corrected chi connectivity index (χ3v) is 6.66. The Kier molecular flexibility index (Phi) is 6.84. The number of aromatic nitrogens is 2. The van der Waals surface area contributed by atoms with E-state index >= 15 is 0 Å². The molecule has 0 aliphatic heterocycles. The smallest absolute Gasteiger partial charge is 0.326 e. The standard InChI is InChI=1S/C20H19F3N4O3S2/c1-12(10-14-4-3-5-15(11-14)20(21,22)23)18(28)24-16-6-8-17(9-7-16)32(29,30)27-19-26-25-13(2)31-19/h3-9,11-12H,10H2,1-2H3,(H,24,28)(H,26,27). The lowest BCUT2D eigenvalue weighted by Crippen LogP contribution is -2.22. The number of halogens is 3. The highest BCUT2D eigenvalue weighted by atomic mass is 32.2. The molecule has 0 aliphatic rings. The zero-order valence-electron chi connectivity index (χ0n) is 17.0. The van der Waals surface area contributed by atoms with Gasteiger partial charge in [-0.1, -0.05) is 36.5 Å². The van der Waals surface area contributed by atoms with E-state index in [0.29, 0.717) is 16.3 Å². The van der Waals surface area contributed by atoms with Gasteiger partial charge in [0.2, 0.25) is 11.0 Å². The second-order valence-corrected chi connectivity index (χ2v) is 9.91. The van der Waals surface area contributed by atoms with E-state index in [9.17, 15) is 26.4 Å². The molecule has 1 unspecified atom stereocenters. The average molecular weight is 485 g/mol. The van der Waals surface area contributed by atoms with Gasteiger partial charge in [-0.25, -0.2) is 8.42 Å². The molecule has 1 amide bonds. The molecular weight excluding hydrogens is 465 g/mol. The Hall–Kier alpha value is -2.99. The quantitative estimate of drug-likeness (QED) is 0.515. The lowest BCUT2D eigenvalue weighted by atomic mass is 9.98. The van der Waals surface area contributed by atoms with E-state index in [4.69, 9.17) is 0 Å². The van der Waals surface area contributed by atoms with Gasteiger partial charge in [0.15, 0.2) is 0 Å². The van der Waals surface area contributed by atoms with Crippen LogP contribution in [0.15, 0.2) is 53.4 Å². The van der Waals surface area contributed by atoms with Crippen molar-refractivity contribution >= 4 is 38.1 Å². The molecule has 0 saturated heterocycles. The van der Waals surface area contributed by atoms with Crippen molar-refractivity contribution in [2.45, 2.75) is 31.3 Å². The van der Waals surface area contributed by atoms with E-state index in [0.717, 1.165) is 23.5 Å². The highest BCUT2D eigenvalue weighted by Gasteiger charge is 2.30. The monoisotopic (exact) mass is 484 g/mol. The molecule has 0 saturated carbocycles. The van der Waals surface area contributed by atoms with Gasteiger partial charge in [-0.3, -0.25) is 9.52 Å². The van der Waals surface area contributed by atoms with Crippen LogP contribution < -0.4 is 10.0 Å². The number of carbonyl (C=O) groups excluding carboxylic acids is 1. The summed E-state index contributed by atoms with van der Waals surface area (Å²) in [6.07, 6.45) is -4.33. The summed E-state index contributed by atoms with van der Waals surface area (Å²) in [4.78, 5) is 12.4. The largest absolute Gasteiger partial charge is 0.416 e. The highest BCUT2D eigenvalue weighted by molar-refractivity contribution is 7.93. The van der Waals surface area contributed by atoms with Gasteiger partial charge in [-0.05, 0) is 49.2 Å². The molecule has 32 heavy (non-hydrogen) atoms. The zero-order valence-corrected chi connectivity index (χ0v) is 18.6. The Labute approximate surface area is 186 Å². The number of aryl methyl sites for hydroxylation is 1. The first-order valence-electron chi connectivity index (χ1n) is 9.34. The van der Waals surface area contributed by atoms with E-state index in [-0.39, 0.29) is 16.4 Å². The van der Waals surface area contributed by atoms with Crippen molar-refractivity contribution in [3.8, 4) is 0 Å². The molecular formula is C20H19F3N4O3S2. The third-order valence-electron chi connectivity index (χ3n) is 4.42. The van der Waals surface area contributed by atoms with Gasteiger partial charge in [-0.15, -0.1) is 10.2 Å². The van der Waals surface area contributed by atoms with Crippen molar-refractivity contribution in [3.63, 3.8) is 0 Å². The van der Waals surface area contributed by atoms with Gasteiger partial charge in [0.05, 0.1) is 10.5 Å². The predicted molar refractivity (Wildman–Crippen MR) is 115 cm³/mol. The third kappa shape index (κ3) is 6.04. The van der Waals surface area contributed by atoms with Crippen LogP contribution in [0.2, 0.25) is 0 Å². The fourth-order valence-electron chi connectivity index (χ4n) is 2.82. The first-order chi connectivity index (χ1) is 14.9. The van der Waals surface area contributed by atoms with Gasteiger partial charge in [0, 0.05) is 11.6 Å². The second-order valence-electron chi connectivity index (χ2n) is 7.05. The molecule has 3 aromatic rings. The van der Waals surface area contributed by atoms with E-state index in [1.165, 1.54) is 36.4 Å². The molecule has 1 aromatic heterocycles. The summed E-state index contributed by atoms with van der Waals surface area (Å²) in [6, 6.07) is 10.3. The molecule has 1 heterocycles. The molecule has 12 heteroatoms. The molecule has 2 N–H and O–H groups in total. The molecule has 0 aliphatic carbocycles. The molecule has 0 radical (unpaired) electrons. The average Bonchev–Trinajstić information content (AvgIpc) is 3.11. The molecule has 2 aromatic carbocycles. The summed E-state index contributed by atoms with van der Waals surface area (Å²) in [5.41, 5.74) is -0.0183. The lowest BCUT2D eigenvalue weighted by Gasteiger charge is -2.14. The van der Waals surface area contributed by atoms with Crippen LogP contribution >= 0.6 is 11.3 Å². The van der Waals surface area contributed by atoms with Crippen molar-refractivity contribution < 1.29 is 26.4 Å². The summed E-state index contributed by atoms with van der Waals surface area (Å²) in [7, 11) is -3.87. The Morgan fingerprint density at radius 3 is 2.41 bits per heavy atom. The van der Waals surface area contributed by atoms with Crippen LogP contribution in [0.1, 0.15) is 23.1 Å². The number of anilines is 2. The maximum Gasteiger partial charge on any atom is 0.416 e. The molecule has 170 valence electrons. The van der Waals surface area contributed by atoms with Crippen LogP contribution in [0.4, 0.5) is 24.0 Å². The fraction of sp³-hybridized carbons (Fsp3) is 0.250. The summed E-state index contributed by atoms with van der Waals surface area (Å²) >= 11 is 1.09. The second kappa shape index (κ2) is 9.25. The molecule has 3 rings (SSSR count). The van der Waals surface area contributed by atoms with Gasteiger partial charge in [0.1, 0.15) is 5.01 Å². The van der Waals surface area contributed by atoms with E-state index in [2.05, 4.69) is 20.2 Å². The first-order valence-corrected chi connectivity index (χ1v) is 11.6. The van der Waals surface area contributed by atoms with Crippen LogP contribution in [0.3, 0.4) is 0 Å². The van der Waals surface area contributed by atoms with Crippen molar-refractivity contribution in [3.05, 3.63) is 64.7 Å². The van der Waals surface area contributed by atoms with Gasteiger partial charge in [-0.2, -0.15) is 13.2 Å². The highest BCUT2D eigenvalue weighted by Crippen LogP contribution is 2.30. The van der Waals surface area contributed by atoms with E-state index < -0.39 is 33.6 Å².